The minimum atomic E-state index is -1.31. The van der Waals surface area contributed by atoms with Crippen LogP contribution < -0.4 is 16.0 Å². The van der Waals surface area contributed by atoms with Gasteiger partial charge in [-0.3, -0.25) is 9.59 Å². The molecule has 0 atom stereocenters. The van der Waals surface area contributed by atoms with Crippen molar-refractivity contribution in [2.24, 2.45) is 0 Å². The molecular weight excluding hydrogens is 473 g/mol. The highest BCUT2D eigenvalue weighted by Crippen LogP contribution is 2.31. The fourth-order valence-electron chi connectivity index (χ4n) is 3.64. The van der Waals surface area contributed by atoms with Crippen LogP contribution >= 0.6 is 0 Å². The van der Waals surface area contributed by atoms with Crippen molar-refractivity contribution in [1.29, 1.82) is 0 Å². The Morgan fingerprint density at radius 1 is 1.08 bits per heavy atom. The zero-order valence-corrected chi connectivity index (χ0v) is 21.6. The Hall–Kier alpha value is -3.11. The van der Waals surface area contributed by atoms with Gasteiger partial charge in [0.25, 0.3) is 5.91 Å². The summed E-state index contributed by atoms with van der Waals surface area (Å²) >= 11 is 0. The SMILES string of the molecule is CC.CCNC(=O)C(C)(C)NCC1(O)CN(C(=O)c2ccc(F)c(F)c2Nc2ccc(C)cc2F)C1. The summed E-state index contributed by atoms with van der Waals surface area (Å²) < 4.78 is 42.8. The molecular formula is C26H35F3N4O3. The van der Waals surface area contributed by atoms with Crippen LogP contribution in [0.2, 0.25) is 0 Å². The maximum absolute atomic E-state index is 14.6. The second-order valence-corrected chi connectivity index (χ2v) is 9.12. The van der Waals surface area contributed by atoms with E-state index in [2.05, 4.69) is 16.0 Å². The summed E-state index contributed by atoms with van der Waals surface area (Å²) in [6.45, 7) is 11.2. The van der Waals surface area contributed by atoms with Crippen LogP contribution in [0.5, 0.6) is 0 Å². The minimum absolute atomic E-state index is 0.0401. The van der Waals surface area contributed by atoms with E-state index in [0.29, 0.717) is 12.1 Å². The lowest BCUT2D eigenvalue weighted by atomic mass is 9.91. The monoisotopic (exact) mass is 508 g/mol. The molecule has 0 aromatic heterocycles. The summed E-state index contributed by atoms with van der Waals surface area (Å²) in [5.41, 5.74) is -2.39. The number of hydrogen-bond acceptors (Lipinski definition) is 5. The molecule has 1 fully saturated rings. The molecule has 2 aromatic rings. The Morgan fingerprint density at radius 2 is 1.72 bits per heavy atom. The summed E-state index contributed by atoms with van der Waals surface area (Å²) in [5, 5.41) is 18.9. The molecule has 1 saturated heterocycles. The van der Waals surface area contributed by atoms with E-state index in [1.54, 1.807) is 33.8 Å². The van der Waals surface area contributed by atoms with Crippen molar-refractivity contribution in [1.82, 2.24) is 15.5 Å². The van der Waals surface area contributed by atoms with Gasteiger partial charge in [0.2, 0.25) is 5.91 Å². The van der Waals surface area contributed by atoms with E-state index in [4.69, 9.17) is 0 Å². The normalized spacial score (nSPS) is 14.3. The van der Waals surface area contributed by atoms with Crippen molar-refractivity contribution in [3.05, 3.63) is 58.9 Å². The van der Waals surface area contributed by atoms with Crippen LogP contribution in [0.15, 0.2) is 30.3 Å². The molecule has 1 aliphatic heterocycles. The summed E-state index contributed by atoms with van der Waals surface area (Å²) in [5.74, 6) is -4.06. The Kier molecular flexibility index (Phi) is 9.51. The van der Waals surface area contributed by atoms with Gasteiger partial charge in [-0.25, -0.2) is 13.2 Å². The Labute approximate surface area is 210 Å². The van der Waals surface area contributed by atoms with Crippen LogP contribution in [-0.2, 0) is 4.79 Å². The van der Waals surface area contributed by atoms with E-state index < -0.39 is 40.2 Å². The molecule has 0 aliphatic carbocycles. The second-order valence-electron chi connectivity index (χ2n) is 9.12. The zero-order valence-electron chi connectivity index (χ0n) is 21.6. The number of nitrogens with one attached hydrogen (secondary N) is 3. The number of β-amino-alcohol motifs (C(OH)–C–C–N with tert-alkyl or cyclic N) is 1. The number of carbonyl (C=O) groups excluding carboxylic acids is 2. The first-order valence-electron chi connectivity index (χ1n) is 11.9. The fourth-order valence-corrected chi connectivity index (χ4v) is 3.64. The minimum Gasteiger partial charge on any atom is -0.385 e. The van der Waals surface area contributed by atoms with Crippen molar-refractivity contribution >= 4 is 23.2 Å². The molecule has 1 heterocycles. The molecule has 4 N–H and O–H groups in total. The maximum atomic E-state index is 14.6. The Balaban J connectivity index is 0.00000222. The van der Waals surface area contributed by atoms with Gasteiger partial charge in [-0.1, -0.05) is 19.9 Å². The number of likely N-dealkylation sites (tertiary alicyclic amines) is 1. The molecule has 2 amide bonds. The average molecular weight is 509 g/mol. The van der Waals surface area contributed by atoms with Gasteiger partial charge < -0.3 is 26.0 Å². The topological polar surface area (TPSA) is 93.7 Å². The van der Waals surface area contributed by atoms with Crippen molar-refractivity contribution in [3.63, 3.8) is 0 Å². The third-order valence-electron chi connectivity index (χ3n) is 5.73. The van der Waals surface area contributed by atoms with E-state index in [1.807, 2.05) is 13.8 Å². The highest BCUT2D eigenvalue weighted by molar-refractivity contribution is 6.01. The number of hydrogen-bond donors (Lipinski definition) is 4. The number of halogens is 3. The fraction of sp³-hybridized carbons (Fsp3) is 0.462. The first kappa shape index (κ1) is 29.1. The quantitative estimate of drug-likeness (QED) is 0.434. The maximum Gasteiger partial charge on any atom is 0.256 e. The van der Waals surface area contributed by atoms with E-state index in [0.717, 1.165) is 12.1 Å². The molecule has 1 aliphatic rings. The molecule has 0 unspecified atom stereocenters. The van der Waals surface area contributed by atoms with Crippen LogP contribution in [0.25, 0.3) is 0 Å². The predicted octanol–water partition coefficient (Wildman–Crippen LogP) is 3.87. The summed E-state index contributed by atoms with van der Waals surface area (Å²) in [7, 11) is 0. The first-order chi connectivity index (χ1) is 16.9. The number of carbonyl (C=O) groups is 2. The molecule has 7 nitrogen and oxygen atoms in total. The number of likely N-dealkylation sites (N-methyl/N-ethyl adjacent to an activating group) is 1. The molecule has 0 radical (unpaired) electrons. The number of aliphatic hydroxyl groups is 1. The van der Waals surface area contributed by atoms with E-state index in [9.17, 15) is 27.9 Å². The molecule has 0 spiro atoms. The van der Waals surface area contributed by atoms with Gasteiger partial charge >= 0.3 is 0 Å². The van der Waals surface area contributed by atoms with Crippen LogP contribution in [0.4, 0.5) is 24.5 Å². The largest absolute Gasteiger partial charge is 0.385 e. The third-order valence-corrected chi connectivity index (χ3v) is 5.73. The van der Waals surface area contributed by atoms with E-state index >= 15 is 0 Å². The molecule has 198 valence electrons. The number of aryl methyl sites for hydroxylation is 1. The number of rotatable bonds is 8. The smallest absolute Gasteiger partial charge is 0.256 e. The second kappa shape index (κ2) is 11.7. The van der Waals surface area contributed by atoms with Gasteiger partial charge in [0.15, 0.2) is 11.6 Å². The van der Waals surface area contributed by atoms with Gasteiger partial charge in [0.05, 0.1) is 35.6 Å². The molecule has 3 rings (SSSR count). The standard InChI is InChI=1S/C24H29F3N4O3.C2H6/c1-5-28-22(33)23(3,4)29-11-24(34)12-31(13-24)21(32)15-7-8-16(25)19(27)20(15)30-18-9-6-14(2)10-17(18)26;1-2/h6-10,29-30,34H,5,11-13H2,1-4H3,(H,28,33);1-2H3. The number of amides is 2. The lowest BCUT2D eigenvalue weighted by Crippen LogP contribution is -2.69. The number of anilines is 2. The van der Waals surface area contributed by atoms with Crippen LogP contribution in [0, 0.1) is 24.4 Å². The van der Waals surface area contributed by atoms with Gasteiger partial charge in [-0.15, -0.1) is 0 Å². The number of benzene rings is 2. The highest BCUT2D eigenvalue weighted by atomic mass is 19.2. The van der Waals surface area contributed by atoms with Crippen molar-refractivity contribution < 1.29 is 27.9 Å². The molecule has 0 bridgehead atoms. The van der Waals surface area contributed by atoms with E-state index in [1.165, 1.54) is 17.0 Å². The van der Waals surface area contributed by atoms with Crippen molar-refractivity contribution in [2.75, 3.05) is 31.5 Å². The lowest BCUT2D eigenvalue weighted by Gasteiger charge is -2.47. The van der Waals surface area contributed by atoms with Crippen molar-refractivity contribution in [2.45, 2.75) is 52.7 Å². The summed E-state index contributed by atoms with van der Waals surface area (Å²) in [4.78, 5) is 26.4. The Bertz CT molecular complexity index is 1100. The van der Waals surface area contributed by atoms with Gasteiger partial charge in [0, 0.05) is 13.1 Å². The predicted molar refractivity (Wildman–Crippen MR) is 134 cm³/mol. The molecule has 2 aromatic carbocycles. The Morgan fingerprint density at radius 3 is 2.31 bits per heavy atom. The van der Waals surface area contributed by atoms with Crippen LogP contribution in [0.3, 0.4) is 0 Å². The molecule has 36 heavy (non-hydrogen) atoms. The van der Waals surface area contributed by atoms with Crippen LogP contribution in [0.1, 0.15) is 50.5 Å². The molecule has 10 heteroatoms. The third kappa shape index (κ3) is 6.55. The highest BCUT2D eigenvalue weighted by Gasteiger charge is 2.45. The van der Waals surface area contributed by atoms with Gasteiger partial charge in [-0.2, -0.15) is 0 Å². The molecule has 0 saturated carbocycles. The van der Waals surface area contributed by atoms with E-state index in [-0.39, 0.29) is 36.8 Å². The van der Waals surface area contributed by atoms with Gasteiger partial charge in [0.1, 0.15) is 11.4 Å². The lowest BCUT2D eigenvalue weighted by molar-refractivity contribution is -0.127. The van der Waals surface area contributed by atoms with Gasteiger partial charge in [-0.05, 0) is 57.5 Å². The first-order valence-corrected chi connectivity index (χ1v) is 11.9. The van der Waals surface area contributed by atoms with Crippen molar-refractivity contribution in [3.8, 4) is 0 Å². The average Bonchev–Trinajstić information content (AvgIpc) is 2.81. The summed E-state index contributed by atoms with van der Waals surface area (Å²) in [6.07, 6.45) is 0. The van der Waals surface area contributed by atoms with Crippen LogP contribution in [-0.4, -0.2) is 59.1 Å². The zero-order chi connectivity index (χ0) is 27.3. The number of nitrogens with zero attached hydrogens (tertiary/aromatic N) is 1. The summed E-state index contributed by atoms with van der Waals surface area (Å²) in [6, 6.07) is 6.12.